The lowest BCUT2D eigenvalue weighted by molar-refractivity contribution is 0.654. The normalized spacial score (nSPS) is 16.5. The second-order valence-corrected chi connectivity index (χ2v) is 14.9. The van der Waals surface area contributed by atoms with E-state index >= 15 is 0 Å². The second-order valence-electron chi connectivity index (χ2n) is 13.8. The lowest BCUT2D eigenvalue weighted by Gasteiger charge is -2.31. The summed E-state index contributed by atoms with van der Waals surface area (Å²) in [5.74, 6) is 0. The zero-order chi connectivity index (χ0) is 32.7. The summed E-state index contributed by atoms with van der Waals surface area (Å²) in [6.45, 7) is 4.71. The quantitative estimate of drug-likeness (QED) is 0.202. The fourth-order valence-corrected chi connectivity index (χ4v) is 9.37. The van der Waals surface area contributed by atoms with E-state index < -0.39 is 0 Å². The molecule has 2 heterocycles. The number of aromatic amines is 1. The zero-order valence-corrected chi connectivity index (χ0v) is 28.3. The minimum atomic E-state index is -0.0526. The van der Waals surface area contributed by atoms with Crippen molar-refractivity contribution < 1.29 is 0 Å². The molecule has 1 atom stereocenters. The van der Waals surface area contributed by atoms with Gasteiger partial charge in [-0.15, -0.1) is 11.3 Å². The summed E-state index contributed by atoms with van der Waals surface area (Å²) in [5, 5.41) is 5.23. The predicted molar refractivity (Wildman–Crippen MR) is 211 cm³/mol. The van der Waals surface area contributed by atoms with E-state index in [2.05, 4.69) is 181 Å². The van der Waals surface area contributed by atoms with Gasteiger partial charge in [0.15, 0.2) is 0 Å². The minimum absolute atomic E-state index is 0.0200. The molecule has 2 aliphatic carbocycles. The van der Waals surface area contributed by atoms with Gasteiger partial charge in [-0.3, -0.25) is 0 Å². The van der Waals surface area contributed by atoms with Crippen molar-refractivity contribution in [1.29, 1.82) is 0 Å². The largest absolute Gasteiger partial charge is 0.354 e. The average Bonchev–Trinajstić information content (AvgIpc) is 3.70. The van der Waals surface area contributed by atoms with Crippen molar-refractivity contribution in [3.8, 4) is 11.1 Å². The first-order valence-corrected chi connectivity index (χ1v) is 17.9. The van der Waals surface area contributed by atoms with E-state index in [0.717, 1.165) is 5.69 Å². The number of nitrogens with one attached hydrogen (secondary N) is 1. The average molecular weight is 647 g/mol. The van der Waals surface area contributed by atoms with E-state index in [0.29, 0.717) is 0 Å². The van der Waals surface area contributed by atoms with E-state index in [-0.39, 0.29) is 11.5 Å². The number of nitrogens with zero attached hydrogens (tertiary/aromatic N) is 1. The number of thiophene rings is 1. The lowest BCUT2D eigenvalue weighted by Crippen LogP contribution is -2.27. The minimum Gasteiger partial charge on any atom is -0.354 e. The maximum absolute atomic E-state index is 3.67. The van der Waals surface area contributed by atoms with Crippen LogP contribution in [0.2, 0.25) is 0 Å². The molecule has 0 saturated heterocycles. The van der Waals surface area contributed by atoms with Crippen molar-refractivity contribution in [2.24, 2.45) is 0 Å². The topological polar surface area (TPSA) is 19.0 Å². The summed E-state index contributed by atoms with van der Waals surface area (Å²) in [6, 6.07) is 48.9. The predicted octanol–water partition coefficient (Wildman–Crippen LogP) is 12.7. The van der Waals surface area contributed by atoms with Crippen LogP contribution >= 0.6 is 11.3 Å². The van der Waals surface area contributed by atoms with Gasteiger partial charge in [-0.25, -0.2) is 0 Å². The second kappa shape index (κ2) is 10.7. The highest BCUT2D eigenvalue weighted by Gasteiger charge is 2.36. The number of aromatic nitrogens is 1. The summed E-state index contributed by atoms with van der Waals surface area (Å²) < 4.78 is 2.63. The van der Waals surface area contributed by atoms with Crippen LogP contribution in [0.5, 0.6) is 0 Å². The van der Waals surface area contributed by atoms with Crippen molar-refractivity contribution in [2.75, 3.05) is 4.90 Å². The Morgan fingerprint density at radius 3 is 2.18 bits per heavy atom. The van der Waals surface area contributed by atoms with Crippen LogP contribution in [0.1, 0.15) is 25.0 Å². The van der Waals surface area contributed by atoms with Gasteiger partial charge in [0.1, 0.15) is 0 Å². The van der Waals surface area contributed by atoms with E-state index in [9.17, 15) is 0 Å². The third-order valence-corrected chi connectivity index (χ3v) is 11.8. The number of hydrogen-bond donors (Lipinski definition) is 1. The summed E-state index contributed by atoms with van der Waals surface area (Å²) in [4.78, 5) is 6.17. The number of H-pyrrole nitrogens is 1. The number of rotatable bonds is 4. The van der Waals surface area contributed by atoms with Crippen LogP contribution in [-0.2, 0) is 5.41 Å². The van der Waals surface area contributed by atoms with Crippen molar-refractivity contribution in [3.05, 3.63) is 174 Å². The van der Waals surface area contributed by atoms with E-state index in [1.54, 1.807) is 0 Å². The molecule has 2 aromatic heterocycles. The standard InChI is InChI=1S/C46H34N2S/c1-46(2)38-14-8-6-12-34(38)35-23-20-32(21-24-39(35)46)48(31-18-16-30(17-19-31)29-10-4-3-5-11-29)33-22-26-42-37(28-33)45-43(49-42)27-25-41-44(45)36-13-7-9-15-40(36)47-41/h3-28,32,47H,1-2H3. The molecule has 0 amide bonds. The van der Waals surface area contributed by atoms with Crippen LogP contribution in [0.4, 0.5) is 11.4 Å². The molecule has 8 aromatic rings. The maximum Gasteiger partial charge on any atom is 0.0712 e. The van der Waals surface area contributed by atoms with Gasteiger partial charge >= 0.3 is 0 Å². The fourth-order valence-electron chi connectivity index (χ4n) is 8.28. The highest BCUT2D eigenvalue weighted by Crippen LogP contribution is 2.49. The summed E-state index contributed by atoms with van der Waals surface area (Å²) in [6.07, 6.45) is 9.54. The van der Waals surface area contributed by atoms with E-state index in [1.807, 2.05) is 11.3 Å². The Morgan fingerprint density at radius 2 is 1.31 bits per heavy atom. The number of allylic oxidation sites excluding steroid dienone is 4. The SMILES string of the molecule is CC1(C)C2=C(C=CC(N(c3ccc(-c4ccccc4)cc3)c3ccc4sc5ccc6[nH]c7ccccc7c6c5c4c3)C=C2)c2ccccc21. The Balaban J connectivity index is 1.16. The van der Waals surface area contributed by atoms with Crippen molar-refractivity contribution in [2.45, 2.75) is 25.3 Å². The smallest absolute Gasteiger partial charge is 0.0712 e. The third-order valence-electron chi connectivity index (χ3n) is 10.7. The van der Waals surface area contributed by atoms with E-state index in [4.69, 9.17) is 0 Å². The third kappa shape index (κ3) is 4.32. The summed E-state index contributed by atoms with van der Waals surface area (Å²) in [5.41, 5.74) is 12.6. The number of fused-ring (bicyclic) bond motifs is 9. The zero-order valence-electron chi connectivity index (χ0n) is 27.4. The van der Waals surface area contributed by atoms with Gasteiger partial charge in [0.05, 0.1) is 6.04 Å². The molecule has 2 nitrogen and oxygen atoms in total. The Hall–Kier alpha value is -5.64. The van der Waals surface area contributed by atoms with Gasteiger partial charge in [-0.1, -0.05) is 123 Å². The monoisotopic (exact) mass is 646 g/mol. The molecule has 0 saturated carbocycles. The van der Waals surface area contributed by atoms with Gasteiger partial charge in [-0.2, -0.15) is 0 Å². The molecule has 0 aliphatic heterocycles. The Labute approximate surface area is 290 Å². The molecule has 0 fully saturated rings. The molecular weight excluding hydrogens is 613 g/mol. The number of para-hydroxylation sites is 1. The fraction of sp³-hybridized carbons (Fsp3) is 0.0870. The molecule has 49 heavy (non-hydrogen) atoms. The summed E-state index contributed by atoms with van der Waals surface area (Å²) >= 11 is 1.88. The van der Waals surface area contributed by atoms with Gasteiger partial charge in [0, 0.05) is 58.8 Å². The van der Waals surface area contributed by atoms with Gasteiger partial charge in [-0.05, 0) is 81.9 Å². The van der Waals surface area contributed by atoms with Crippen molar-refractivity contribution >= 4 is 70.3 Å². The Bertz CT molecular complexity index is 2680. The molecule has 3 heteroatoms. The van der Waals surface area contributed by atoms with Crippen LogP contribution in [-0.4, -0.2) is 11.0 Å². The van der Waals surface area contributed by atoms with Crippen LogP contribution in [0.3, 0.4) is 0 Å². The van der Waals surface area contributed by atoms with Crippen LogP contribution in [0.15, 0.2) is 163 Å². The Kier molecular flexibility index (Phi) is 6.19. The molecule has 234 valence electrons. The molecular formula is C46H34N2S. The molecule has 0 bridgehead atoms. The molecule has 10 rings (SSSR count). The van der Waals surface area contributed by atoms with Gasteiger partial charge in [0.2, 0.25) is 0 Å². The van der Waals surface area contributed by atoms with Crippen LogP contribution in [0.25, 0.3) is 58.7 Å². The first-order chi connectivity index (χ1) is 24.0. The number of hydrogen-bond acceptors (Lipinski definition) is 2. The van der Waals surface area contributed by atoms with Gasteiger partial charge < -0.3 is 9.88 Å². The maximum atomic E-state index is 3.67. The lowest BCUT2D eigenvalue weighted by atomic mass is 9.81. The molecule has 2 aliphatic rings. The highest BCUT2D eigenvalue weighted by atomic mass is 32.1. The van der Waals surface area contributed by atoms with Crippen molar-refractivity contribution in [1.82, 2.24) is 4.98 Å². The summed E-state index contributed by atoms with van der Waals surface area (Å²) in [7, 11) is 0. The number of anilines is 2. The first-order valence-electron chi connectivity index (χ1n) is 17.1. The molecule has 0 radical (unpaired) electrons. The van der Waals surface area contributed by atoms with Crippen LogP contribution in [0, 0.1) is 0 Å². The molecule has 6 aromatic carbocycles. The van der Waals surface area contributed by atoms with Crippen LogP contribution < -0.4 is 4.90 Å². The first kappa shape index (κ1) is 28.4. The highest BCUT2D eigenvalue weighted by molar-refractivity contribution is 7.26. The molecule has 1 unspecified atom stereocenters. The molecule has 1 N–H and O–H groups in total. The van der Waals surface area contributed by atoms with E-state index in [1.165, 1.54) is 81.1 Å². The van der Waals surface area contributed by atoms with Gasteiger partial charge in [0.25, 0.3) is 0 Å². The Morgan fingerprint density at radius 1 is 0.592 bits per heavy atom. The molecule has 0 spiro atoms. The van der Waals surface area contributed by atoms with Crippen molar-refractivity contribution in [3.63, 3.8) is 0 Å². The number of benzene rings is 6.